The number of hydrogen-bond donors (Lipinski definition) is 2. The summed E-state index contributed by atoms with van der Waals surface area (Å²) in [5.74, 6) is 2.46. The number of nitrogens with zero attached hydrogens (tertiary/aromatic N) is 1. The summed E-state index contributed by atoms with van der Waals surface area (Å²) in [7, 11) is 0. The molecule has 0 spiro atoms. The molecule has 3 heteroatoms. The maximum absolute atomic E-state index is 5.68. The molecular formula is C11H17N3. The van der Waals surface area contributed by atoms with E-state index in [0.29, 0.717) is 6.04 Å². The lowest BCUT2D eigenvalue weighted by Crippen LogP contribution is -2.43. The molecular weight excluding hydrogens is 174 g/mol. The summed E-state index contributed by atoms with van der Waals surface area (Å²) in [6, 6.07) is 4.26. The molecule has 1 aliphatic carbocycles. The predicted octanol–water partition coefficient (Wildman–Crippen LogP) is 2.12. The Morgan fingerprint density at radius 2 is 2.29 bits per heavy atom. The van der Waals surface area contributed by atoms with Gasteiger partial charge in [0.1, 0.15) is 5.82 Å². The minimum Gasteiger partial charge on any atom is -0.399 e. The Kier molecular flexibility index (Phi) is 2.32. The maximum atomic E-state index is 5.68. The van der Waals surface area contributed by atoms with Crippen LogP contribution in [0, 0.1) is 11.8 Å². The van der Waals surface area contributed by atoms with Gasteiger partial charge in [-0.3, -0.25) is 0 Å². The lowest BCUT2D eigenvalue weighted by atomic mass is 9.71. The molecule has 0 bridgehead atoms. The van der Waals surface area contributed by atoms with Gasteiger partial charge in [-0.25, -0.2) is 4.98 Å². The number of anilines is 2. The summed E-state index contributed by atoms with van der Waals surface area (Å²) in [6.45, 7) is 4.56. The summed E-state index contributed by atoms with van der Waals surface area (Å²) < 4.78 is 0. The standard InChI is InChI=1S/C11H17N3/c1-7-5-10(8(7)2)14-11-6-9(12)3-4-13-11/h3-4,6-8,10H,5H2,1-2H3,(H3,12,13,14). The minimum atomic E-state index is 0.569. The zero-order chi connectivity index (χ0) is 10.1. The topological polar surface area (TPSA) is 50.9 Å². The second-order valence-electron chi connectivity index (χ2n) is 4.30. The first-order valence-corrected chi connectivity index (χ1v) is 5.15. The van der Waals surface area contributed by atoms with Gasteiger partial charge in [0.25, 0.3) is 0 Å². The SMILES string of the molecule is CC1CC(Nc2cc(N)ccn2)C1C. The van der Waals surface area contributed by atoms with E-state index in [-0.39, 0.29) is 0 Å². The van der Waals surface area contributed by atoms with Gasteiger partial charge in [-0.05, 0) is 24.3 Å². The van der Waals surface area contributed by atoms with Crippen molar-refractivity contribution in [2.75, 3.05) is 11.1 Å². The molecule has 1 aliphatic rings. The van der Waals surface area contributed by atoms with Crippen molar-refractivity contribution in [2.24, 2.45) is 11.8 Å². The van der Waals surface area contributed by atoms with E-state index in [9.17, 15) is 0 Å². The highest BCUT2D eigenvalue weighted by molar-refractivity contribution is 5.49. The smallest absolute Gasteiger partial charge is 0.128 e. The fraction of sp³-hybridized carbons (Fsp3) is 0.545. The Labute approximate surface area is 84.7 Å². The highest BCUT2D eigenvalue weighted by Gasteiger charge is 2.34. The van der Waals surface area contributed by atoms with E-state index in [0.717, 1.165) is 23.3 Å². The molecule has 0 amide bonds. The first-order valence-electron chi connectivity index (χ1n) is 5.15. The van der Waals surface area contributed by atoms with Gasteiger partial charge in [-0.15, -0.1) is 0 Å². The fourth-order valence-corrected chi connectivity index (χ4v) is 1.94. The number of pyridine rings is 1. The van der Waals surface area contributed by atoms with Gasteiger partial charge < -0.3 is 11.1 Å². The molecule has 0 saturated heterocycles. The van der Waals surface area contributed by atoms with E-state index < -0.39 is 0 Å². The number of nitrogen functional groups attached to an aromatic ring is 1. The average molecular weight is 191 g/mol. The van der Waals surface area contributed by atoms with Crippen molar-refractivity contribution in [3.8, 4) is 0 Å². The Bertz CT molecular complexity index is 324. The van der Waals surface area contributed by atoms with Crippen LogP contribution in [0.3, 0.4) is 0 Å². The molecule has 3 N–H and O–H groups in total. The third kappa shape index (κ3) is 1.67. The van der Waals surface area contributed by atoms with Crippen LogP contribution in [0.25, 0.3) is 0 Å². The minimum absolute atomic E-state index is 0.569. The van der Waals surface area contributed by atoms with Crippen molar-refractivity contribution >= 4 is 11.5 Å². The highest BCUT2D eigenvalue weighted by atomic mass is 15.0. The summed E-state index contributed by atoms with van der Waals surface area (Å²) in [4.78, 5) is 4.23. The zero-order valence-electron chi connectivity index (χ0n) is 8.70. The molecule has 0 aliphatic heterocycles. The van der Waals surface area contributed by atoms with Gasteiger partial charge in [0.2, 0.25) is 0 Å². The monoisotopic (exact) mass is 191 g/mol. The Balaban J connectivity index is 1.98. The molecule has 3 atom stereocenters. The highest BCUT2D eigenvalue weighted by Crippen LogP contribution is 2.35. The molecule has 3 unspecified atom stereocenters. The summed E-state index contributed by atoms with van der Waals surface area (Å²) >= 11 is 0. The van der Waals surface area contributed by atoms with Crippen LogP contribution in [0.5, 0.6) is 0 Å². The second-order valence-corrected chi connectivity index (χ2v) is 4.30. The number of rotatable bonds is 2. The van der Waals surface area contributed by atoms with E-state index in [4.69, 9.17) is 5.73 Å². The van der Waals surface area contributed by atoms with Crippen molar-refractivity contribution in [2.45, 2.75) is 26.3 Å². The third-order valence-electron chi connectivity index (χ3n) is 3.28. The van der Waals surface area contributed by atoms with Crippen LogP contribution in [0.2, 0.25) is 0 Å². The van der Waals surface area contributed by atoms with Crippen molar-refractivity contribution in [3.63, 3.8) is 0 Å². The predicted molar refractivity (Wildman–Crippen MR) is 59.0 cm³/mol. The summed E-state index contributed by atoms with van der Waals surface area (Å²) in [5, 5.41) is 3.41. The lowest BCUT2D eigenvalue weighted by molar-refractivity contribution is 0.188. The quantitative estimate of drug-likeness (QED) is 0.752. The van der Waals surface area contributed by atoms with Gasteiger partial charge in [-0.1, -0.05) is 13.8 Å². The van der Waals surface area contributed by atoms with Crippen molar-refractivity contribution < 1.29 is 0 Å². The second kappa shape index (κ2) is 3.48. The fourth-order valence-electron chi connectivity index (χ4n) is 1.94. The first kappa shape index (κ1) is 9.31. The van der Waals surface area contributed by atoms with Crippen LogP contribution in [-0.4, -0.2) is 11.0 Å². The van der Waals surface area contributed by atoms with Crippen molar-refractivity contribution in [1.82, 2.24) is 4.98 Å². The number of aromatic nitrogens is 1. The van der Waals surface area contributed by atoms with E-state index in [1.165, 1.54) is 6.42 Å². The van der Waals surface area contributed by atoms with Crippen molar-refractivity contribution in [1.29, 1.82) is 0 Å². The van der Waals surface area contributed by atoms with Crippen LogP contribution in [0.15, 0.2) is 18.3 Å². The van der Waals surface area contributed by atoms with Crippen LogP contribution in [-0.2, 0) is 0 Å². The largest absolute Gasteiger partial charge is 0.399 e. The average Bonchev–Trinajstić information content (AvgIpc) is 2.17. The van der Waals surface area contributed by atoms with Gasteiger partial charge >= 0.3 is 0 Å². The van der Waals surface area contributed by atoms with Crippen LogP contribution < -0.4 is 11.1 Å². The molecule has 3 nitrogen and oxygen atoms in total. The van der Waals surface area contributed by atoms with Gasteiger partial charge in [0, 0.05) is 24.0 Å². The molecule has 0 aromatic carbocycles. The Hall–Kier alpha value is -1.25. The van der Waals surface area contributed by atoms with E-state index >= 15 is 0 Å². The Morgan fingerprint density at radius 1 is 1.50 bits per heavy atom. The van der Waals surface area contributed by atoms with E-state index in [2.05, 4.69) is 24.1 Å². The molecule has 1 saturated carbocycles. The van der Waals surface area contributed by atoms with Gasteiger partial charge in [0.15, 0.2) is 0 Å². The van der Waals surface area contributed by atoms with E-state index in [1.807, 2.05) is 6.07 Å². The molecule has 1 heterocycles. The van der Waals surface area contributed by atoms with Gasteiger partial charge in [-0.2, -0.15) is 0 Å². The summed E-state index contributed by atoms with van der Waals surface area (Å²) in [6.07, 6.45) is 2.97. The van der Waals surface area contributed by atoms with Crippen LogP contribution in [0.1, 0.15) is 20.3 Å². The molecule has 1 aromatic heterocycles. The lowest BCUT2D eigenvalue weighted by Gasteiger charge is -2.41. The number of nitrogens with one attached hydrogen (secondary N) is 1. The zero-order valence-corrected chi connectivity index (χ0v) is 8.70. The molecule has 1 fully saturated rings. The van der Waals surface area contributed by atoms with Crippen molar-refractivity contribution in [3.05, 3.63) is 18.3 Å². The molecule has 14 heavy (non-hydrogen) atoms. The van der Waals surface area contributed by atoms with Crippen LogP contribution >= 0.6 is 0 Å². The molecule has 2 rings (SSSR count). The Morgan fingerprint density at radius 3 is 2.86 bits per heavy atom. The van der Waals surface area contributed by atoms with Crippen LogP contribution in [0.4, 0.5) is 11.5 Å². The normalized spacial score (nSPS) is 30.9. The molecule has 0 radical (unpaired) electrons. The number of nitrogens with two attached hydrogens (primary N) is 1. The molecule has 76 valence electrons. The van der Waals surface area contributed by atoms with Gasteiger partial charge in [0.05, 0.1) is 0 Å². The third-order valence-corrected chi connectivity index (χ3v) is 3.28. The summed E-state index contributed by atoms with van der Waals surface area (Å²) in [5.41, 5.74) is 6.44. The number of hydrogen-bond acceptors (Lipinski definition) is 3. The van der Waals surface area contributed by atoms with E-state index in [1.54, 1.807) is 12.3 Å². The maximum Gasteiger partial charge on any atom is 0.128 e. The first-order chi connectivity index (χ1) is 6.66. The molecule has 1 aromatic rings.